The second-order valence-electron chi connectivity index (χ2n) is 2.51. The first kappa shape index (κ1) is 11.7. The number of nitrogens with one attached hydrogen (secondary N) is 1. The molecule has 0 atom stereocenters. The third-order valence-electron chi connectivity index (χ3n) is 1.58. The zero-order chi connectivity index (χ0) is 11.4. The van der Waals surface area contributed by atoms with Crippen LogP contribution in [0.25, 0.3) is 0 Å². The van der Waals surface area contributed by atoms with E-state index in [9.17, 15) is 13.2 Å². The minimum Gasteiger partial charge on any atom is -0.288 e. The van der Waals surface area contributed by atoms with Gasteiger partial charge in [0.05, 0.1) is 0 Å². The van der Waals surface area contributed by atoms with E-state index in [1.54, 1.807) is 0 Å². The number of benzene rings is 1. The van der Waals surface area contributed by atoms with Crippen LogP contribution in [0.15, 0.2) is 24.3 Å². The van der Waals surface area contributed by atoms with Gasteiger partial charge in [-0.2, -0.15) is 8.42 Å². The van der Waals surface area contributed by atoms with Gasteiger partial charge in [-0.25, -0.2) is 5.48 Å². The van der Waals surface area contributed by atoms with Crippen molar-refractivity contribution >= 4 is 32.7 Å². The number of carbonyl (C=O) groups excluding carboxylic acids is 1. The molecular formula is C8H6ClNO4S. The summed E-state index contributed by atoms with van der Waals surface area (Å²) >= 11 is 5.60. The Balaban J connectivity index is 3.31. The highest BCUT2D eigenvalue weighted by molar-refractivity contribution is 7.75. The first-order valence-corrected chi connectivity index (χ1v) is 5.18. The van der Waals surface area contributed by atoms with Crippen molar-refractivity contribution in [2.45, 2.75) is 0 Å². The van der Waals surface area contributed by atoms with Gasteiger partial charge in [0.2, 0.25) is 10.3 Å². The standard InChI is InChI=1S/C8H6ClNO4S/c9-6-3-1-5(2-4-6)7(15(13)14)8(11)10-12/h1-4,12H,(H,10,11). The Hall–Kier alpha value is -1.37. The maximum atomic E-state index is 11.0. The third kappa shape index (κ3) is 2.79. The van der Waals surface area contributed by atoms with Crippen LogP contribution < -0.4 is 5.48 Å². The summed E-state index contributed by atoms with van der Waals surface area (Å²) in [4.78, 5) is 10.5. The van der Waals surface area contributed by atoms with Gasteiger partial charge < -0.3 is 0 Å². The molecule has 0 aliphatic heterocycles. The Morgan fingerprint density at radius 3 is 2.20 bits per heavy atom. The van der Waals surface area contributed by atoms with E-state index in [0.717, 1.165) is 0 Å². The quantitative estimate of drug-likeness (QED) is 0.340. The predicted octanol–water partition coefficient (Wildman–Crippen LogP) is 0.245. The van der Waals surface area contributed by atoms with Crippen LogP contribution >= 0.6 is 11.6 Å². The van der Waals surface area contributed by atoms with Crippen molar-refractivity contribution in [3.05, 3.63) is 34.9 Å². The molecule has 2 N–H and O–H groups in total. The SMILES string of the molecule is O=C(NO)C(c1ccc(Cl)cc1)=S(=O)=O. The molecule has 0 aromatic heterocycles. The summed E-state index contributed by atoms with van der Waals surface area (Å²) in [7, 11) is -2.74. The smallest absolute Gasteiger partial charge is 0.288 e. The Morgan fingerprint density at radius 2 is 1.80 bits per heavy atom. The van der Waals surface area contributed by atoms with Gasteiger partial charge >= 0.3 is 0 Å². The molecule has 0 saturated carbocycles. The lowest BCUT2D eigenvalue weighted by atomic mass is 10.1. The van der Waals surface area contributed by atoms with Gasteiger partial charge in [-0.15, -0.1) is 0 Å². The Kier molecular flexibility index (Phi) is 3.84. The van der Waals surface area contributed by atoms with Gasteiger partial charge in [0.15, 0.2) is 4.86 Å². The van der Waals surface area contributed by atoms with Gasteiger partial charge in [0.25, 0.3) is 5.91 Å². The lowest BCUT2D eigenvalue weighted by Crippen LogP contribution is -2.29. The molecule has 0 unspecified atom stereocenters. The molecule has 1 amide bonds. The average Bonchev–Trinajstić information content (AvgIpc) is 2.20. The monoisotopic (exact) mass is 247 g/mol. The largest absolute Gasteiger partial charge is 0.290 e. The van der Waals surface area contributed by atoms with Gasteiger partial charge in [-0.1, -0.05) is 23.7 Å². The van der Waals surface area contributed by atoms with E-state index >= 15 is 0 Å². The Labute approximate surface area is 91.8 Å². The molecule has 0 heterocycles. The van der Waals surface area contributed by atoms with Gasteiger partial charge in [0.1, 0.15) is 0 Å². The normalized spacial score (nSPS) is 9.47. The second kappa shape index (κ2) is 4.92. The van der Waals surface area contributed by atoms with E-state index in [1.807, 2.05) is 0 Å². The lowest BCUT2D eigenvalue weighted by molar-refractivity contribution is -0.122. The van der Waals surface area contributed by atoms with E-state index in [2.05, 4.69) is 0 Å². The lowest BCUT2D eigenvalue weighted by Gasteiger charge is -2.00. The van der Waals surface area contributed by atoms with Crippen molar-refractivity contribution < 1.29 is 18.4 Å². The Morgan fingerprint density at radius 1 is 1.27 bits per heavy atom. The molecule has 0 aliphatic rings. The topological polar surface area (TPSA) is 83.5 Å². The molecule has 1 aromatic carbocycles. The summed E-state index contributed by atoms with van der Waals surface area (Å²) in [5, 5.41) is 8.77. The number of rotatable bonds is 2. The summed E-state index contributed by atoms with van der Waals surface area (Å²) in [5.74, 6) is -1.09. The number of hydroxylamine groups is 1. The minimum atomic E-state index is -2.74. The number of halogens is 1. The van der Waals surface area contributed by atoms with Crippen molar-refractivity contribution in [2.24, 2.45) is 0 Å². The van der Waals surface area contributed by atoms with Crippen molar-refractivity contribution in [1.82, 2.24) is 5.48 Å². The molecule has 80 valence electrons. The number of amides is 1. The predicted molar refractivity (Wildman–Crippen MR) is 54.4 cm³/mol. The van der Waals surface area contributed by atoms with Crippen molar-refractivity contribution in [2.75, 3.05) is 0 Å². The molecule has 0 spiro atoms. The summed E-state index contributed by atoms with van der Waals surface area (Å²) in [6, 6.07) is 5.61. The van der Waals surface area contributed by atoms with Crippen LogP contribution in [0.4, 0.5) is 0 Å². The van der Waals surface area contributed by atoms with Gasteiger partial charge in [-0.3, -0.25) is 10.0 Å². The van der Waals surface area contributed by atoms with Crippen molar-refractivity contribution in [3.8, 4) is 0 Å². The molecule has 1 rings (SSSR count). The summed E-state index contributed by atoms with van der Waals surface area (Å²) in [6.07, 6.45) is 0. The van der Waals surface area contributed by atoms with E-state index in [0.29, 0.717) is 5.02 Å². The highest BCUT2D eigenvalue weighted by Gasteiger charge is 2.14. The first-order chi connectivity index (χ1) is 7.06. The molecule has 0 fully saturated rings. The van der Waals surface area contributed by atoms with E-state index in [1.165, 1.54) is 29.7 Å². The molecule has 15 heavy (non-hydrogen) atoms. The highest BCUT2D eigenvalue weighted by atomic mass is 35.5. The molecular weight excluding hydrogens is 242 g/mol. The fraction of sp³-hybridized carbons (Fsp3) is 0. The Bertz CT molecular complexity index is 498. The maximum absolute atomic E-state index is 11.0. The second-order valence-corrected chi connectivity index (χ2v) is 3.83. The molecule has 7 heteroatoms. The third-order valence-corrected chi connectivity index (χ3v) is 2.59. The van der Waals surface area contributed by atoms with Gasteiger partial charge in [0, 0.05) is 10.6 Å². The zero-order valence-corrected chi connectivity index (χ0v) is 8.84. The molecule has 0 bridgehead atoms. The number of carbonyl (C=O) groups is 1. The molecule has 1 aromatic rings. The summed E-state index contributed by atoms with van der Waals surface area (Å²) < 4.78 is 21.5. The van der Waals surface area contributed by atoms with Gasteiger partial charge in [-0.05, 0) is 12.1 Å². The van der Waals surface area contributed by atoms with Crippen LogP contribution in [0.5, 0.6) is 0 Å². The van der Waals surface area contributed by atoms with Crippen molar-refractivity contribution in [1.29, 1.82) is 0 Å². The fourth-order valence-electron chi connectivity index (χ4n) is 0.955. The van der Waals surface area contributed by atoms with Crippen LogP contribution in [0, 0.1) is 0 Å². The van der Waals surface area contributed by atoms with Crippen molar-refractivity contribution in [3.63, 3.8) is 0 Å². The number of hydrogen-bond donors (Lipinski definition) is 2. The van der Waals surface area contributed by atoms with Crippen LogP contribution in [0.2, 0.25) is 5.02 Å². The highest BCUT2D eigenvalue weighted by Crippen LogP contribution is 2.10. The molecule has 0 aliphatic carbocycles. The number of hydrogen-bond acceptors (Lipinski definition) is 4. The molecule has 0 radical (unpaired) electrons. The van der Waals surface area contributed by atoms with E-state index in [-0.39, 0.29) is 5.56 Å². The van der Waals surface area contributed by atoms with Crippen LogP contribution in [0.1, 0.15) is 5.56 Å². The first-order valence-electron chi connectivity index (χ1n) is 3.73. The van der Waals surface area contributed by atoms with Crippen LogP contribution in [-0.4, -0.2) is 24.4 Å². The minimum absolute atomic E-state index is 0.152. The summed E-state index contributed by atoms with van der Waals surface area (Å²) in [5.41, 5.74) is 1.41. The van der Waals surface area contributed by atoms with E-state index < -0.39 is 21.1 Å². The van der Waals surface area contributed by atoms with Crippen LogP contribution in [0.3, 0.4) is 0 Å². The van der Waals surface area contributed by atoms with E-state index in [4.69, 9.17) is 16.8 Å². The van der Waals surface area contributed by atoms with Crippen LogP contribution in [-0.2, 0) is 15.1 Å². The molecule has 5 nitrogen and oxygen atoms in total. The summed E-state index contributed by atoms with van der Waals surface area (Å²) in [6.45, 7) is 0. The molecule has 0 saturated heterocycles. The maximum Gasteiger partial charge on any atom is 0.290 e. The zero-order valence-electron chi connectivity index (χ0n) is 7.27. The fourth-order valence-corrected chi connectivity index (χ4v) is 1.61. The average molecular weight is 248 g/mol.